The van der Waals surface area contributed by atoms with E-state index in [9.17, 15) is 9.90 Å². The van der Waals surface area contributed by atoms with Gasteiger partial charge >= 0.3 is 0 Å². The maximum Gasteiger partial charge on any atom is 0.254 e. The highest BCUT2D eigenvalue weighted by molar-refractivity contribution is 5.94. The molecule has 1 amide bonds. The quantitative estimate of drug-likeness (QED) is 0.752. The largest absolute Gasteiger partial charge is 0.395 e. The smallest absolute Gasteiger partial charge is 0.254 e. The van der Waals surface area contributed by atoms with Crippen LogP contribution in [0.4, 0.5) is 0 Å². The van der Waals surface area contributed by atoms with E-state index in [1.54, 1.807) is 40.3 Å². The van der Waals surface area contributed by atoms with Crippen LogP contribution in [0.1, 0.15) is 15.9 Å². The number of carbonyl (C=O) groups excluding carboxylic acids is 1. The Morgan fingerprint density at radius 2 is 2.08 bits per heavy atom. The van der Waals surface area contributed by atoms with Crippen molar-refractivity contribution in [2.24, 2.45) is 0 Å². The molecule has 0 saturated heterocycles. The minimum atomic E-state index is -0.137. The molecule has 0 aliphatic heterocycles. The molecule has 0 bridgehead atoms. The van der Waals surface area contributed by atoms with E-state index >= 15 is 0 Å². The van der Waals surface area contributed by atoms with Gasteiger partial charge in [-0.3, -0.25) is 9.78 Å². The predicted molar refractivity (Wildman–Crippen MR) is 89.6 cm³/mol. The second-order valence-electron chi connectivity index (χ2n) is 5.31. The van der Waals surface area contributed by atoms with Gasteiger partial charge in [-0.05, 0) is 35.9 Å². The van der Waals surface area contributed by atoms with Crippen molar-refractivity contribution < 1.29 is 9.90 Å². The van der Waals surface area contributed by atoms with Gasteiger partial charge in [0.25, 0.3) is 5.91 Å². The van der Waals surface area contributed by atoms with E-state index in [1.165, 1.54) is 0 Å². The van der Waals surface area contributed by atoms with Crippen LogP contribution in [0.2, 0.25) is 0 Å². The highest BCUT2D eigenvalue weighted by atomic mass is 16.3. The van der Waals surface area contributed by atoms with Crippen LogP contribution in [-0.2, 0) is 6.54 Å². The molecular weight excluding hydrogens is 304 g/mol. The summed E-state index contributed by atoms with van der Waals surface area (Å²) in [5.41, 5.74) is 2.29. The summed E-state index contributed by atoms with van der Waals surface area (Å²) in [6, 6.07) is 12.8. The number of hydrogen-bond donors (Lipinski definition) is 1. The van der Waals surface area contributed by atoms with Gasteiger partial charge < -0.3 is 10.0 Å². The number of aliphatic hydroxyl groups excluding tert-OH is 1. The second-order valence-corrected chi connectivity index (χ2v) is 5.31. The lowest BCUT2D eigenvalue weighted by Gasteiger charge is -2.22. The summed E-state index contributed by atoms with van der Waals surface area (Å²) in [6.45, 7) is 0.573. The van der Waals surface area contributed by atoms with Crippen molar-refractivity contribution >= 4 is 5.91 Å². The molecule has 24 heavy (non-hydrogen) atoms. The third kappa shape index (κ3) is 3.67. The number of rotatable bonds is 6. The molecule has 122 valence electrons. The van der Waals surface area contributed by atoms with Gasteiger partial charge in [0.15, 0.2) is 0 Å². The number of nitrogens with zero attached hydrogens (tertiary/aromatic N) is 4. The van der Waals surface area contributed by atoms with Crippen LogP contribution < -0.4 is 0 Å². The number of aromatic nitrogens is 3. The monoisotopic (exact) mass is 322 g/mol. The first-order valence-electron chi connectivity index (χ1n) is 7.67. The fourth-order valence-electron chi connectivity index (χ4n) is 2.47. The topological polar surface area (TPSA) is 71.2 Å². The lowest BCUT2D eigenvalue weighted by atomic mass is 10.1. The van der Waals surface area contributed by atoms with Crippen molar-refractivity contribution in [1.82, 2.24) is 19.7 Å². The van der Waals surface area contributed by atoms with E-state index in [1.807, 2.05) is 36.5 Å². The SMILES string of the molecule is O=C(c1cccc(-n2cccn2)c1)N(CCO)Cc1cccnc1. The average Bonchev–Trinajstić information content (AvgIpc) is 3.16. The van der Waals surface area contributed by atoms with Crippen LogP contribution in [0.25, 0.3) is 5.69 Å². The number of pyridine rings is 1. The zero-order valence-electron chi connectivity index (χ0n) is 13.1. The molecule has 0 radical (unpaired) electrons. The molecule has 3 aromatic rings. The molecule has 1 aromatic carbocycles. The molecule has 6 heteroatoms. The predicted octanol–water partition coefficient (Wildman–Crippen LogP) is 1.90. The third-order valence-electron chi connectivity index (χ3n) is 3.62. The fourth-order valence-corrected chi connectivity index (χ4v) is 2.47. The lowest BCUT2D eigenvalue weighted by Crippen LogP contribution is -2.33. The molecule has 0 unspecified atom stereocenters. The second kappa shape index (κ2) is 7.52. The van der Waals surface area contributed by atoms with E-state index in [0.717, 1.165) is 11.3 Å². The van der Waals surface area contributed by atoms with E-state index < -0.39 is 0 Å². The summed E-state index contributed by atoms with van der Waals surface area (Å²) < 4.78 is 1.70. The van der Waals surface area contributed by atoms with Crippen molar-refractivity contribution in [3.05, 3.63) is 78.4 Å². The fraction of sp³-hybridized carbons (Fsp3) is 0.167. The Morgan fingerprint density at radius 1 is 1.17 bits per heavy atom. The van der Waals surface area contributed by atoms with Gasteiger partial charge in [-0.15, -0.1) is 0 Å². The minimum absolute atomic E-state index is 0.0924. The van der Waals surface area contributed by atoms with Gasteiger partial charge in [0, 0.05) is 43.4 Å². The van der Waals surface area contributed by atoms with Gasteiger partial charge in [0.1, 0.15) is 0 Å². The van der Waals surface area contributed by atoms with Crippen molar-refractivity contribution in [1.29, 1.82) is 0 Å². The number of amides is 1. The highest BCUT2D eigenvalue weighted by Gasteiger charge is 2.16. The van der Waals surface area contributed by atoms with Gasteiger partial charge in [0.2, 0.25) is 0 Å². The molecular formula is C18H18N4O2. The highest BCUT2D eigenvalue weighted by Crippen LogP contribution is 2.13. The Kier molecular flexibility index (Phi) is 4.98. The normalized spacial score (nSPS) is 10.5. The molecule has 2 aromatic heterocycles. The molecule has 0 aliphatic rings. The molecule has 0 spiro atoms. The minimum Gasteiger partial charge on any atom is -0.395 e. The standard InChI is InChI=1S/C18H18N4O2/c23-11-10-21(14-15-4-2-7-19-13-15)18(24)16-5-1-6-17(12-16)22-9-3-8-20-22/h1-9,12-13,23H,10-11,14H2. The van der Waals surface area contributed by atoms with Crippen molar-refractivity contribution in [2.75, 3.05) is 13.2 Å². The Labute approximate surface area is 140 Å². The zero-order chi connectivity index (χ0) is 16.8. The Balaban J connectivity index is 1.83. The summed E-state index contributed by atoms with van der Waals surface area (Å²) in [7, 11) is 0. The van der Waals surface area contributed by atoms with E-state index in [0.29, 0.717) is 12.1 Å². The molecule has 2 heterocycles. The zero-order valence-corrected chi connectivity index (χ0v) is 13.1. The Morgan fingerprint density at radius 3 is 2.79 bits per heavy atom. The molecule has 3 rings (SSSR count). The van der Waals surface area contributed by atoms with E-state index in [2.05, 4.69) is 10.1 Å². The molecule has 0 fully saturated rings. The molecule has 0 saturated carbocycles. The first-order valence-corrected chi connectivity index (χ1v) is 7.67. The summed E-state index contributed by atoms with van der Waals surface area (Å²) in [5.74, 6) is -0.137. The summed E-state index contributed by atoms with van der Waals surface area (Å²) >= 11 is 0. The van der Waals surface area contributed by atoms with Crippen LogP contribution in [0.3, 0.4) is 0 Å². The van der Waals surface area contributed by atoms with Crippen LogP contribution in [0.5, 0.6) is 0 Å². The molecule has 6 nitrogen and oxygen atoms in total. The van der Waals surface area contributed by atoms with Crippen molar-refractivity contribution in [2.45, 2.75) is 6.54 Å². The van der Waals surface area contributed by atoms with E-state index in [-0.39, 0.29) is 19.1 Å². The maximum absolute atomic E-state index is 12.8. The summed E-state index contributed by atoms with van der Waals surface area (Å²) in [6.07, 6.45) is 6.92. The first-order chi connectivity index (χ1) is 11.8. The molecule has 1 N–H and O–H groups in total. The average molecular weight is 322 g/mol. The van der Waals surface area contributed by atoms with E-state index in [4.69, 9.17) is 0 Å². The van der Waals surface area contributed by atoms with Gasteiger partial charge in [-0.1, -0.05) is 12.1 Å². The maximum atomic E-state index is 12.8. The van der Waals surface area contributed by atoms with Crippen LogP contribution in [0.15, 0.2) is 67.3 Å². The van der Waals surface area contributed by atoms with Crippen molar-refractivity contribution in [3.63, 3.8) is 0 Å². The van der Waals surface area contributed by atoms with Gasteiger partial charge in [-0.2, -0.15) is 5.10 Å². The van der Waals surface area contributed by atoms with Crippen LogP contribution in [0, 0.1) is 0 Å². The number of benzene rings is 1. The Hall–Kier alpha value is -2.99. The van der Waals surface area contributed by atoms with Crippen LogP contribution >= 0.6 is 0 Å². The third-order valence-corrected chi connectivity index (χ3v) is 3.62. The van der Waals surface area contributed by atoms with Gasteiger partial charge in [-0.25, -0.2) is 4.68 Å². The number of hydrogen-bond acceptors (Lipinski definition) is 4. The van der Waals surface area contributed by atoms with Crippen molar-refractivity contribution in [3.8, 4) is 5.69 Å². The number of carbonyl (C=O) groups is 1. The summed E-state index contributed by atoms with van der Waals surface area (Å²) in [4.78, 5) is 18.5. The van der Waals surface area contributed by atoms with Gasteiger partial charge in [0.05, 0.1) is 12.3 Å². The van der Waals surface area contributed by atoms with Crippen LogP contribution in [-0.4, -0.2) is 43.8 Å². The molecule has 0 atom stereocenters. The Bertz CT molecular complexity index is 788. The first kappa shape index (κ1) is 15.9. The summed E-state index contributed by atoms with van der Waals surface area (Å²) in [5, 5.41) is 13.5. The lowest BCUT2D eigenvalue weighted by molar-refractivity contribution is 0.0707. The molecule has 0 aliphatic carbocycles. The number of aliphatic hydroxyl groups is 1.